The zero-order valence-corrected chi connectivity index (χ0v) is 14.9. The van der Waals surface area contributed by atoms with Crippen LogP contribution in [0.3, 0.4) is 0 Å². The van der Waals surface area contributed by atoms with Crippen molar-refractivity contribution in [2.24, 2.45) is 5.16 Å². The van der Waals surface area contributed by atoms with Gasteiger partial charge in [0.2, 0.25) is 0 Å². The van der Waals surface area contributed by atoms with E-state index in [0.29, 0.717) is 17.7 Å². The second-order valence-electron chi connectivity index (χ2n) is 4.40. The summed E-state index contributed by atoms with van der Waals surface area (Å²) in [7, 11) is 0. The van der Waals surface area contributed by atoms with Crippen LogP contribution in [0.25, 0.3) is 0 Å². The maximum atomic E-state index is 12.4. The van der Waals surface area contributed by atoms with Crippen LogP contribution in [0.15, 0.2) is 21.5 Å². The van der Waals surface area contributed by atoms with Gasteiger partial charge >= 0.3 is 0 Å². The number of thioether (sulfide) groups is 2. The van der Waals surface area contributed by atoms with E-state index in [-0.39, 0.29) is 15.8 Å². The Morgan fingerprint density at radius 1 is 1.41 bits per heavy atom. The van der Waals surface area contributed by atoms with Crippen molar-refractivity contribution in [1.82, 2.24) is 0 Å². The van der Waals surface area contributed by atoms with Crippen LogP contribution in [0.2, 0.25) is 10.0 Å². The lowest BCUT2D eigenvalue weighted by molar-refractivity contribution is 0.104. The highest BCUT2D eigenvalue weighted by molar-refractivity contribution is 8.21. The molecule has 0 bridgehead atoms. The van der Waals surface area contributed by atoms with Crippen LogP contribution < -0.4 is 4.74 Å². The van der Waals surface area contributed by atoms with E-state index >= 15 is 0 Å². The molecule has 2 rings (SSSR count). The quantitative estimate of drug-likeness (QED) is 0.269. The number of ketones is 1. The summed E-state index contributed by atoms with van der Waals surface area (Å²) in [6, 6.07) is 1.69. The van der Waals surface area contributed by atoms with E-state index in [0.717, 1.165) is 9.80 Å². The maximum absolute atomic E-state index is 12.4. The first kappa shape index (κ1) is 17.5. The van der Waals surface area contributed by atoms with Gasteiger partial charge in [-0.15, -0.1) is 23.5 Å². The van der Waals surface area contributed by atoms with Crippen LogP contribution in [-0.2, 0) is 6.42 Å². The van der Waals surface area contributed by atoms with Gasteiger partial charge in [-0.25, -0.2) is 0 Å². The van der Waals surface area contributed by atoms with Crippen LogP contribution in [0.1, 0.15) is 15.9 Å². The fraction of sp³-hybridized carbons (Fsp3) is 0.286. The number of oxime groups is 1. The zero-order chi connectivity index (χ0) is 16.3. The minimum atomic E-state index is -0.414. The standard InChI is InChI=1S/C14H13Cl2NO3S2/c1-21-11(22-2)5-10(18)9-4-7-3-8(6-17-19)20-14(7)13(16)12(9)15/h4-6,8,19H,3H2,1-2H3. The molecule has 1 aromatic rings. The molecule has 1 aromatic carbocycles. The van der Waals surface area contributed by atoms with Crippen LogP contribution in [0, 0.1) is 0 Å². The maximum Gasteiger partial charge on any atom is 0.189 e. The molecule has 1 heterocycles. The summed E-state index contributed by atoms with van der Waals surface area (Å²) in [5, 5.41) is 11.9. The molecule has 118 valence electrons. The molecule has 22 heavy (non-hydrogen) atoms. The largest absolute Gasteiger partial charge is 0.482 e. The monoisotopic (exact) mass is 377 g/mol. The predicted octanol–water partition coefficient (Wildman–Crippen LogP) is 4.51. The average molecular weight is 378 g/mol. The third-order valence-electron chi connectivity index (χ3n) is 3.08. The highest BCUT2D eigenvalue weighted by Gasteiger charge is 2.28. The normalized spacial score (nSPS) is 16.5. The molecule has 0 aliphatic carbocycles. The fourth-order valence-electron chi connectivity index (χ4n) is 2.07. The number of ether oxygens (including phenoxy) is 1. The molecule has 1 aliphatic rings. The Bertz CT molecular complexity index is 656. The van der Waals surface area contributed by atoms with Gasteiger partial charge in [-0.05, 0) is 18.6 Å². The minimum Gasteiger partial charge on any atom is -0.482 e. The first-order valence-electron chi connectivity index (χ1n) is 6.20. The Kier molecular flexibility index (Phi) is 6.09. The number of carbonyl (C=O) groups is 1. The van der Waals surface area contributed by atoms with Crippen molar-refractivity contribution in [3.8, 4) is 5.75 Å². The van der Waals surface area contributed by atoms with Gasteiger partial charge < -0.3 is 9.94 Å². The smallest absolute Gasteiger partial charge is 0.189 e. The summed E-state index contributed by atoms with van der Waals surface area (Å²) in [6.07, 6.45) is 6.67. The molecule has 1 atom stereocenters. The highest BCUT2D eigenvalue weighted by atomic mass is 35.5. The second kappa shape index (κ2) is 7.64. The zero-order valence-electron chi connectivity index (χ0n) is 11.8. The van der Waals surface area contributed by atoms with Crippen LogP contribution in [0.4, 0.5) is 0 Å². The number of allylic oxidation sites excluding steroid dienone is 1. The Morgan fingerprint density at radius 2 is 2.09 bits per heavy atom. The molecule has 0 saturated carbocycles. The number of nitrogens with zero attached hydrogens (tertiary/aromatic N) is 1. The lowest BCUT2D eigenvalue weighted by Crippen LogP contribution is -2.14. The van der Waals surface area contributed by atoms with E-state index in [1.165, 1.54) is 29.7 Å². The first-order valence-corrected chi connectivity index (χ1v) is 9.41. The van der Waals surface area contributed by atoms with Gasteiger partial charge in [0.25, 0.3) is 0 Å². The second-order valence-corrected chi connectivity index (χ2v) is 7.11. The summed E-state index contributed by atoms with van der Waals surface area (Å²) in [5.74, 6) is 0.236. The molecule has 8 heteroatoms. The predicted molar refractivity (Wildman–Crippen MR) is 94.3 cm³/mol. The molecule has 4 nitrogen and oxygen atoms in total. The van der Waals surface area contributed by atoms with E-state index in [2.05, 4.69) is 5.16 Å². The molecular formula is C14H13Cl2NO3S2. The Labute approximate surface area is 146 Å². The van der Waals surface area contributed by atoms with E-state index in [1.807, 2.05) is 12.5 Å². The SMILES string of the molecule is CSC(=CC(=O)c1cc2c(c(Cl)c1Cl)OC(C=NO)C2)SC. The van der Waals surface area contributed by atoms with Gasteiger partial charge in [-0.3, -0.25) is 4.79 Å². The third kappa shape index (κ3) is 3.56. The third-order valence-corrected chi connectivity index (χ3v) is 5.97. The molecule has 0 aromatic heterocycles. The summed E-state index contributed by atoms with van der Waals surface area (Å²) in [6.45, 7) is 0. The van der Waals surface area contributed by atoms with Gasteiger partial charge in [-0.2, -0.15) is 0 Å². The summed E-state index contributed by atoms with van der Waals surface area (Å²) in [5.41, 5.74) is 1.11. The molecule has 0 saturated heterocycles. The van der Waals surface area contributed by atoms with Crippen LogP contribution >= 0.6 is 46.7 Å². The average Bonchev–Trinajstić information content (AvgIpc) is 2.91. The number of hydrogen-bond acceptors (Lipinski definition) is 6. The van der Waals surface area contributed by atoms with E-state index < -0.39 is 6.10 Å². The Balaban J connectivity index is 2.41. The molecule has 1 N–H and O–H groups in total. The van der Waals surface area contributed by atoms with E-state index in [1.54, 1.807) is 12.1 Å². The Morgan fingerprint density at radius 3 is 2.68 bits per heavy atom. The molecule has 0 fully saturated rings. The van der Waals surface area contributed by atoms with Crippen molar-refractivity contribution < 1.29 is 14.7 Å². The van der Waals surface area contributed by atoms with Gasteiger partial charge in [0.1, 0.15) is 16.9 Å². The summed E-state index contributed by atoms with van der Waals surface area (Å²) in [4.78, 5) is 12.4. The number of rotatable bonds is 5. The number of hydrogen-bond donors (Lipinski definition) is 1. The van der Waals surface area contributed by atoms with Crippen molar-refractivity contribution in [3.05, 3.63) is 37.6 Å². The van der Waals surface area contributed by atoms with Crippen molar-refractivity contribution in [2.45, 2.75) is 12.5 Å². The summed E-state index contributed by atoms with van der Waals surface area (Å²) < 4.78 is 6.44. The van der Waals surface area contributed by atoms with Crippen molar-refractivity contribution in [2.75, 3.05) is 12.5 Å². The fourth-order valence-corrected chi connectivity index (χ4v) is 3.69. The first-order chi connectivity index (χ1) is 10.5. The topological polar surface area (TPSA) is 58.9 Å². The Hall–Kier alpha value is -0.820. The molecule has 0 amide bonds. The van der Waals surface area contributed by atoms with E-state index in [9.17, 15) is 4.79 Å². The van der Waals surface area contributed by atoms with E-state index in [4.69, 9.17) is 33.1 Å². The number of halogens is 2. The van der Waals surface area contributed by atoms with Gasteiger partial charge in [0.15, 0.2) is 5.78 Å². The minimum absolute atomic E-state index is 0.171. The van der Waals surface area contributed by atoms with Gasteiger partial charge in [0, 0.05) is 27.9 Å². The van der Waals surface area contributed by atoms with Crippen LogP contribution in [0.5, 0.6) is 5.75 Å². The van der Waals surface area contributed by atoms with Crippen molar-refractivity contribution in [3.63, 3.8) is 0 Å². The lowest BCUT2D eigenvalue weighted by Gasteiger charge is -2.09. The van der Waals surface area contributed by atoms with Crippen molar-refractivity contribution >= 4 is 58.7 Å². The molecular weight excluding hydrogens is 365 g/mol. The molecule has 0 spiro atoms. The van der Waals surface area contributed by atoms with Gasteiger partial charge in [-0.1, -0.05) is 28.4 Å². The highest BCUT2D eigenvalue weighted by Crippen LogP contribution is 2.42. The van der Waals surface area contributed by atoms with Crippen molar-refractivity contribution in [1.29, 1.82) is 0 Å². The number of carbonyl (C=O) groups excluding carboxylic acids is 1. The molecule has 1 aliphatic heterocycles. The molecule has 1 unspecified atom stereocenters. The molecule has 0 radical (unpaired) electrons. The number of benzene rings is 1. The van der Waals surface area contributed by atoms with Crippen LogP contribution in [-0.4, -0.2) is 35.8 Å². The summed E-state index contributed by atoms with van der Waals surface area (Å²) >= 11 is 15.4. The van der Waals surface area contributed by atoms with Gasteiger partial charge in [0.05, 0.1) is 11.2 Å². The number of fused-ring (bicyclic) bond motifs is 1. The lowest BCUT2D eigenvalue weighted by atomic mass is 10.0.